The second-order valence-electron chi connectivity index (χ2n) is 3.86. The first-order valence-corrected chi connectivity index (χ1v) is 7.67. The van der Waals surface area contributed by atoms with Gasteiger partial charge >= 0.3 is 0 Å². The van der Waals surface area contributed by atoms with Gasteiger partial charge in [-0.2, -0.15) is 11.3 Å². The fourth-order valence-corrected chi connectivity index (χ4v) is 3.16. The van der Waals surface area contributed by atoms with Gasteiger partial charge in [0.1, 0.15) is 10.0 Å². The van der Waals surface area contributed by atoms with E-state index < -0.39 is 0 Å². The Morgan fingerprint density at radius 2 is 2.18 bits per heavy atom. The topological polar surface area (TPSA) is 37.8 Å². The highest BCUT2D eigenvalue weighted by atomic mass is 32.1. The Kier molecular flexibility index (Phi) is 5.09. The molecule has 5 heteroatoms. The molecule has 0 saturated heterocycles. The summed E-state index contributed by atoms with van der Waals surface area (Å²) in [6.07, 6.45) is 3.10. The molecule has 0 spiro atoms. The lowest BCUT2D eigenvalue weighted by Crippen LogP contribution is -2.14. The summed E-state index contributed by atoms with van der Waals surface area (Å²) in [7, 11) is 0. The van der Waals surface area contributed by atoms with Crippen LogP contribution in [0.15, 0.2) is 16.8 Å². The minimum absolute atomic E-state index is 0.925. The van der Waals surface area contributed by atoms with Gasteiger partial charge in [0.15, 0.2) is 0 Å². The second kappa shape index (κ2) is 6.83. The summed E-state index contributed by atoms with van der Waals surface area (Å²) in [5.74, 6) is 0. The summed E-state index contributed by atoms with van der Waals surface area (Å²) in [6, 6.07) is 2.15. The van der Waals surface area contributed by atoms with Crippen molar-refractivity contribution in [1.29, 1.82) is 0 Å². The van der Waals surface area contributed by atoms with Crippen molar-refractivity contribution in [2.45, 2.75) is 26.2 Å². The molecule has 2 rings (SSSR count). The van der Waals surface area contributed by atoms with Crippen LogP contribution in [0.3, 0.4) is 0 Å². The number of nitrogens with zero attached hydrogens (tertiary/aromatic N) is 2. The molecule has 1 N–H and O–H groups in total. The third-order valence-corrected chi connectivity index (χ3v) is 4.15. The lowest BCUT2D eigenvalue weighted by molar-refractivity contribution is 0.669. The molecule has 0 atom stereocenters. The maximum atomic E-state index is 4.24. The van der Waals surface area contributed by atoms with Crippen LogP contribution in [-0.2, 0) is 12.8 Å². The van der Waals surface area contributed by atoms with Gasteiger partial charge in [-0.1, -0.05) is 6.92 Å². The van der Waals surface area contributed by atoms with Crippen LogP contribution >= 0.6 is 22.7 Å². The summed E-state index contributed by atoms with van der Waals surface area (Å²) < 4.78 is 0. The van der Waals surface area contributed by atoms with Gasteiger partial charge in [-0.05, 0) is 41.9 Å². The fourth-order valence-electron chi connectivity index (χ4n) is 1.57. The number of thiophene rings is 1. The van der Waals surface area contributed by atoms with Crippen molar-refractivity contribution >= 4 is 22.7 Å². The minimum Gasteiger partial charge on any atom is -0.317 e. The summed E-state index contributed by atoms with van der Waals surface area (Å²) >= 11 is 3.48. The molecule has 0 unspecified atom stereocenters. The first-order chi connectivity index (χ1) is 8.38. The van der Waals surface area contributed by atoms with Crippen LogP contribution in [0.4, 0.5) is 0 Å². The summed E-state index contributed by atoms with van der Waals surface area (Å²) in [5, 5.41) is 18.4. The third kappa shape index (κ3) is 4.18. The normalized spacial score (nSPS) is 10.9. The number of aromatic nitrogens is 2. The standard InChI is InChI=1S/C12H17N3S2/c1-2-13-6-3-4-11-14-15-12(17-11)8-10-5-7-16-9-10/h5,7,9,13H,2-4,6,8H2,1H3. The number of aryl methyl sites for hydroxylation is 1. The molecule has 2 aromatic heterocycles. The first-order valence-electron chi connectivity index (χ1n) is 5.91. The monoisotopic (exact) mass is 267 g/mol. The maximum Gasteiger partial charge on any atom is 0.121 e. The molecule has 0 aliphatic rings. The van der Waals surface area contributed by atoms with Gasteiger partial charge in [-0.15, -0.1) is 21.5 Å². The van der Waals surface area contributed by atoms with Crippen molar-refractivity contribution in [2.24, 2.45) is 0 Å². The minimum atomic E-state index is 0.925. The predicted octanol–water partition coefficient (Wildman–Crippen LogP) is 2.73. The Morgan fingerprint density at radius 1 is 1.29 bits per heavy atom. The number of nitrogens with one attached hydrogen (secondary N) is 1. The van der Waals surface area contributed by atoms with Gasteiger partial charge in [0.2, 0.25) is 0 Å². The van der Waals surface area contributed by atoms with E-state index in [1.807, 2.05) is 0 Å². The van der Waals surface area contributed by atoms with Crippen molar-refractivity contribution in [1.82, 2.24) is 15.5 Å². The van der Waals surface area contributed by atoms with E-state index in [2.05, 4.69) is 39.3 Å². The number of hydrogen-bond acceptors (Lipinski definition) is 5. The molecule has 0 bridgehead atoms. The van der Waals surface area contributed by atoms with E-state index in [0.29, 0.717) is 0 Å². The van der Waals surface area contributed by atoms with Crippen LogP contribution in [0.1, 0.15) is 28.9 Å². The van der Waals surface area contributed by atoms with Crippen molar-refractivity contribution in [3.05, 3.63) is 32.4 Å². The Labute approximate surface area is 110 Å². The van der Waals surface area contributed by atoms with Gasteiger partial charge in [0.05, 0.1) is 0 Å². The van der Waals surface area contributed by atoms with E-state index in [9.17, 15) is 0 Å². The van der Waals surface area contributed by atoms with Gasteiger partial charge in [-0.3, -0.25) is 0 Å². The molecule has 0 aliphatic heterocycles. The van der Waals surface area contributed by atoms with Crippen LogP contribution in [0, 0.1) is 0 Å². The predicted molar refractivity (Wildman–Crippen MR) is 73.9 cm³/mol. The molecular formula is C12H17N3S2. The van der Waals surface area contributed by atoms with E-state index in [-0.39, 0.29) is 0 Å². The molecule has 17 heavy (non-hydrogen) atoms. The first kappa shape index (κ1) is 12.7. The number of rotatable bonds is 7. The van der Waals surface area contributed by atoms with E-state index in [1.165, 1.54) is 5.56 Å². The quantitative estimate of drug-likeness (QED) is 0.784. The van der Waals surface area contributed by atoms with Crippen LogP contribution < -0.4 is 5.32 Å². The van der Waals surface area contributed by atoms with Gasteiger partial charge in [-0.25, -0.2) is 0 Å². The lowest BCUT2D eigenvalue weighted by Gasteiger charge is -1.97. The molecule has 2 aromatic rings. The molecule has 3 nitrogen and oxygen atoms in total. The highest BCUT2D eigenvalue weighted by Crippen LogP contribution is 2.17. The maximum absolute atomic E-state index is 4.24. The van der Waals surface area contributed by atoms with E-state index in [4.69, 9.17) is 0 Å². The zero-order chi connectivity index (χ0) is 11.9. The summed E-state index contributed by atoms with van der Waals surface area (Å²) in [6.45, 7) is 4.24. The molecular weight excluding hydrogens is 250 g/mol. The van der Waals surface area contributed by atoms with E-state index in [0.717, 1.165) is 42.4 Å². The summed E-state index contributed by atoms with van der Waals surface area (Å²) in [4.78, 5) is 0. The highest BCUT2D eigenvalue weighted by molar-refractivity contribution is 7.11. The molecule has 2 heterocycles. The second-order valence-corrected chi connectivity index (χ2v) is 5.78. The van der Waals surface area contributed by atoms with Gasteiger partial charge in [0, 0.05) is 12.8 Å². The zero-order valence-electron chi connectivity index (χ0n) is 9.98. The van der Waals surface area contributed by atoms with E-state index in [1.54, 1.807) is 22.7 Å². The van der Waals surface area contributed by atoms with Crippen LogP contribution in [0.5, 0.6) is 0 Å². The zero-order valence-corrected chi connectivity index (χ0v) is 11.6. The van der Waals surface area contributed by atoms with Crippen LogP contribution in [-0.4, -0.2) is 23.3 Å². The Balaban J connectivity index is 1.79. The molecule has 92 valence electrons. The van der Waals surface area contributed by atoms with Crippen molar-refractivity contribution in [2.75, 3.05) is 13.1 Å². The Bertz CT molecular complexity index is 423. The molecule has 0 amide bonds. The van der Waals surface area contributed by atoms with Crippen molar-refractivity contribution < 1.29 is 0 Å². The Hall–Kier alpha value is -0.780. The molecule has 0 fully saturated rings. The largest absolute Gasteiger partial charge is 0.317 e. The molecule has 0 saturated carbocycles. The van der Waals surface area contributed by atoms with Crippen molar-refractivity contribution in [3.8, 4) is 0 Å². The van der Waals surface area contributed by atoms with Crippen molar-refractivity contribution in [3.63, 3.8) is 0 Å². The van der Waals surface area contributed by atoms with Crippen LogP contribution in [0.25, 0.3) is 0 Å². The van der Waals surface area contributed by atoms with E-state index >= 15 is 0 Å². The van der Waals surface area contributed by atoms with Gasteiger partial charge < -0.3 is 5.32 Å². The van der Waals surface area contributed by atoms with Crippen LogP contribution in [0.2, 0.25) is 0 Å². The third-order valence-electron chi connectivity index (χ3n) is 2.44. The fraction of sp³-hybridized carbons (Fsp3) is 0.500. The Morgan fingerprint density at radius 3 is 2.94 bits per heavy atom. The average molecular weight is 267 g/mol. The summed E-state index contributed by atoms with van der Waals surface area (Å²) in [5.41, 5.74) is 1.34. The number of hydrogen-bond donors (Lipinski definition) is 1. The smallest absolute Gasteiger partial charge is 0.121 e. The molecule has 0 radical (unpaired) electrons. The highest BCUT2D eigenvalue weighted by Gasteiger charge is 2.05. The molecule has 0 aliphatic carbocycles. The SMILES string of the molecule is CCNCCCc1nnc(Cc2ccsc2)s1. The molecule has 0 aromatic carbocycles. The van der Waals surface area contributed by atoms with Gasteiger partial charge in [0.25, 0.3) is 0 Å². The lowest BCUT2D eigenvalue weighted by atomic mass is 10.3. The average Bonchev–Trinajstić information content (AvgIpc) is 2.97.